The molecule has 0 atom stereocenters. The molecule has 0 spiro atoms. The molecule has 0 aliphatic carbocycles. The van der Waals surface area contributed by atoms with Crippen molar-refractivity contribution in [2.24, 2.45) is 0 Å². The first kappa shape index (κ1) is 16.2. The highest BCUT2D eigenvalue weighted by molar-refractivity contribution is 7.80. The van der Waals surface area contributed by atoms with Crippen LogP contribution in [0, 0.1) is 24.0 Å². The molecule has 2 rings (SSSR count). The molecule has 0 heterocycles. The topological polar surface area (TPSA) is 67.2 Å². The van der Waals surface area contributed by atoms with E-state index in [-0.39, 0.29) is 5.69 Å². The van der Waals surface area contributed by atoms with Gasteiger partial charge in [-0.05, 0) is 49.3 Å². The minimum Gasteiger partial charge on any atom is -0.332 e. The second kappa shape index (κ2) is 6.72. The molecule has 0 bridgehead atoms. The number of thiocarbonyl (C=S) groups is 1. The van der Waals surface area contributed by atoms with Gasteiger partial charge in [-0.3, -0.25) is 10.1 Å². The summed E-state index contributed by atoms with van der Waals surface area (Å²) in [7, 11) is 0. The molecule has 0 saturated heterocycles. The number of nitro groups is 1. The first-order valence-corrected chi connectivity index (χ1v) is 7.24. The average Bonchev–Trinajstić information content (AvgIpc) is 2.45. The summed E-state index contributed by atoms with van der Waals surface area (Å²) < 4.78 is 0. The Hall–Kier alpha value is -2.18. The van der Waals surface area contributed by atoms with Crippen LogP contribution in [0.4, 0.5) is 17.1 Å². The first-order chi connectivity index (χ1) is 10.4. The molecule has 114 valence electrons. The van der Waals surface area contributed by atoms with E-state index in [9.17, 15) is 10.1 Å². The van der Waals surface area contributed by atoms with Crippen molar-refractivity contribution < 1.29 is 4.92 Å². The number of hydrogen-bond acceptors (Lipinski definition) is 3. The van der Waals surface area contributed by atoms with Crippen LogP contribution in [0.1, 0.15) is 11.1 Å². The number of hydrogen-bond donors (Lipinski definition) is 2. The number of anilines is 2. The molecule has 22 heavy (non-hydrogen) atoms. The zero-order chi connectivity index (χ0) is 16.3. The first-order valence-electron chi connectivity index (χ1n) is 6.46. The third-order valence-corrected chi connectivity index (χ3v) is 3.57. The molecule has 0 amide bonds. The van der Waals surface area contributed by atoms with Crippen LogP contribution in [0.25, 0.3) is 0 Å². The Labute approximate surface area is 138 Å². The second-order valence-corrected chi connectivity index (χ2v) is 5.64. The van der Waals surface area contributed by atoms with E-state index in [2.05, 4.69) is 10.6 Å². The van der Waals surface area contributed by atoms with Crippen LogP contribution in [0.5, 0.6) is 0 Å². The lowest BCUT2D eigenvalue weighted by Gasteiger charge is -2.14. The molecule has 2 N–H and O–H groups in total. The summed E-state index contributed by atoms with van der Waals surface area (Å²) >= 11 is 11.2. The van der Waals surface area contributed by atoms with Gasteiger partial charge in [0, 0.05) is 28.5 Å². The molecule has 5 nitrogen and oxygen atoms in total. The summed E-state index contributed by atoms with van der Waals surface area (Å²) in [5.74, 6) is 0. The van der Waals surface area contributed by atoms with Crippen LogP contribution in [0.15, 0.2) is 36.4 Å². The number of nitrogens with one attached hydrogen (secondary N) is 2. The van der Waals surface area contributed by atoms with Gasteiger partial charge in [-0.1, -0.05) is 23.7 Å². The Bertz CT molecular complexity index is 750. The average molecular weight is 336 g/mol. The van der Waals surface area contributed by atoms with Gasteiger partial charge in [0.15, 0.2) is 5.11 Å². The highest BCUT2D eigenvalue weighted by Gasteiger charge is 2.10. The van der Waals surface area contributed by atoms with E-state index in [4.69, 9.17) is 23.8 Å². The summed E-state index contributed by atoms with van der Waals surface area (Å²) in [5.41, 5.74) is 3.23. The zero-order valence-electron chi connectivity index (χ0n) is 12.0. The highest BCUT2D eigenvalue weighted by atomic mass is 35.5. The van der Waals surface area contributed by atoms with Gasteiger partial charge >= 0.3 is 0 Å². The Morgan fingerprint density at radius 3 is 2.23 bits per heavy atom. The SMILES string of the molecule is Cc1ccc(Cl)cc1NC(=S)Nc1cc([N+](=O)[O-])ccc1C. The molecule has 0 aliphatic rings. The van der Waals surface area contributed by atoms with Crippen molar-refractivity contribution in [1.82, 2.24) is 0 Å². The number of nitro benzene ring substituents is 1. The van der Waals surface area contributed by atoms with Gasteiger partial charge in [-0.15, -0.1) is 0 Å². The minimum atomic E-state index is -0.442. The maximum Gasteiger partial charge on any atom is 0.271 e. The number of halogens is 1. The third kappa shape index (κ3) is 3.93. The molecule has 0 unspecified atom stereocenters. The lowest BCUT2D eigenvalue weighted by Crippen LogP contribution is -2.20. The molecule has 2 aromatic rings. The van der Waals surface area contributed by atoms with E-state index in [0.717, 1.165) is 16.8 Å². The van der Waals surface area contributed by atoms with Gasteiger partial charge in [0.2, 0.25) is 0 Å². The van der Waals surface area contributed by atoms with E-state index in [1.54, 1.807) is 18.2 Å². The summed E-state index contributed by atoms with van der Waals surface area (Å²) in [6, 6.07) is 10.0. The monoisotopic (exact) mass is 335 g/mol. The number of aryl methyl sites for hydroxylation is 2. The van der Waals surface area contributed by atoms with Crippen molar-refractivity contribution in [3.8, 4) is 0 Å². The fourth-order valence-electron chi connectivity index (χ4n) is 1.86. The van der Waals surface area contributed by atoms with E-state index >= 15 is 0 Å². The Kier molecular flexibility index (Phi) is 4.95. The van der Waals surface area contributed by atoms with E-state index < -0.39 is 4.92 Å². The molecule has 2 aromatic carbocycles. The molecular formula is C15H14ClN3O2S. The predicted octanol–water partition coefficient (Wildman–Crippen LogP) is 4.67. The van der Waals surface area contributed by atoms with Gasteiger partial charge in [-0.2, -0.15) is 0 Å². The number of non-ortho nitro benzene ring substituents is 1. The normalized spacial score (nSPS) is 10.1. The quantitative estimate of drug-likeness (QED) is 0.484. The molecule has 0 saturated carbocycles. The van der Waals surface area contributed by atoms with Crippen LogP contribution in [-0.2, 0) is 0 Å². The van der Waals surface area contributed by atoms with Crippen molar-refractivity contribution in [3.05, 3.63) is 62.7 Å². The summed E-state index contributed by atoms with van der Waals surface area (Å²) in [6.45, 7) is 3.78. The van der Waals surface area contributed by atoms with Crippen LogP contribution in [-0.4, -0.2) is 10.0 Å². The zero-order valence-corrected chi connectivity index (χ0v) is 13.6. The van der Waals surface area contributed by atoms with Crippen LogP contribution < -0.4 is 10.6 Å². The maximum absolute atomic E-state index is 10.8. The van der Waals surface area contributed by atoms with Crippen molar-refractivity contribution >= 4 is 46.0 Å². The molecule has 0 fully saturated rings. The van der Waals surface area contributed by atoms with E-state index in [1.807, 2.05) is 19.9 Å². The van der Waals surface area contributed by atoms with E-state index in [0.29, 0.717) is 15.8 Å². The maximum atomic E-state index is 10.8. The van der Waals surface area contributed by atoms with Gasteiger partial charge in [0.1, 0.15) is 0 Å². The van der Waals surface area contributed by atoms with Gasteiger partial charge in [0.05, 0.1) is 4.92 Å². The Morgan fingerprint density at radius 2 is 1.64 bits per heavy atom. The van der Waals surface area contributed by atoms with Crippen molar-refractivity contribution in [3.63, 3.8) is 0 Å². The number of benzene rings is 2. The van der Waals surface area contributed by atoms with Crippen LogP contribution >= 0.6 is 23.8 Å². The van der Waals surface area contributed by atoms with Gasteiger partial charge in [0.25, 0.3) is 5.69 Å². The standard InChI is InChI=1S/C15H14ClN3O2S/c1-9-3-5-11(16)7-13(9)17-15(22)18-14-8-12(19(20)21)6-4-10(14)2/h3-8H,1-2H3,(H2,17,18,22). The molecule has 7 heteroatoms. The van der Waals surface area contributed by atoms with Crippen molar-refractivity contribution in [2.45, 2.75) is 13.8 Å². The fourth-order valence-corrected chi connectivity index (χ4v) is 2.26. The highest BCUT2D eigenvalue weighted by Crippen LogP contribution is 2.23. The molecule has 0 aromatic heterocycles. The Morgan fingerprint density at radius 1 is 1.09 bits per heavy atom. The number of rotatable bonds is 3. The minimum absolute atomic E-state index is 0.00911. The Balaban J connectivity index is 2.17. The smallest absolute Gasteiger partial charge is 0.271 e. The predicted molar refractivity (Wildman–Crippen MR) is 93.9 cm³/mol. The lowest BCUT2D eigenvalue weighted by molar-refractivity contribution is -0.384. The van der Waals surface area contributed by atoms with Gasteiger partial charge in [-0.25, -0.2) is 0 Å². The summed E-state index contributed by atoms with van der Waals surface area (Å²) in [5, 5.41) is 17.8. The van der Waals surface area contributed by atoms with Crippen LogP contribution in [0.2, 0.25) is 5.02 Å². The molecule has 0 aliphatic heterocycles. The second-order valence-electron chi connectivity index (χ2n) is 4.79. The largest absolute Gasteiger partial charge is 0.332 e. The van der Waals surface area contributed by atoms with Gasteiger partial charge < -0.3 is 10.6 Å². The third-order valence-electron chi connectivity index (χ3n) is 3.13. The molecule has 0 radical (unpaired) electrons. The van der Waals surface area contributed by atoms with Crippen LogP contribution in [0.3, 0.4) is 0 Å². The lowest BCUT2D eigenvalue weighted by atomic mass is 10.2. The molecular weight excluding hydrogens is 322 g/mol. The summed E-state index contributed by atoms with van der Waals surface area (Å²) in [4.78, 5) is 10.4. The fraction of sp³-hybridized carbons (Fsp3) is 0.133. The van der Waals surface area contributed by atoms with Crippen molar-refractivity contribution in [2.75, 3.05) is 10.6 Å². The van der Waals surface area contributed by atoms with Crippen molar-refractivity contribution in [1.29, 1.82) is 0 Å². The summed E-state index contributed by atoms with van der Waals surface area (Å²) in [6.07, 6.45) is 0. The number of nitrogens with zero attached hydrogens (tertiary/aromatic N) is 1. The van der Waals surface area contributed by atoms with E-state index in [1.165, 1.54) is 12.1 Å².